The summed E-state index contributed by atoms with van der Waals surface area (Å²) in [5, 5.41) is 8.79. The second-order valence-electron chi connectivity index (χ2n) is 7.30. The van der Waals surface area contributed by atoms with E-state index in [1.807, 2.05) is 45.0 Å². The molecule has 134 valence electrons. The van der Waals surface area contributed by atoms with E-state index >= 15 is 0 Å². The maximum Gasteiger partial charge on any atom is 0.245 e. The number of nitrogens with one attached hydrogen (secondary N) is 3. The summed E-state index contributed by atoms with van der Waals surface area (Å²) in [5.41, 5.74) is 1.20. The Bertz CT molecular complexity index is 675. The first-order chi connectivity index (χ1) is 11.8. The monoisotopic (exact) mass is 344 g/mol. The molecule has 2 atom stereocenters. The number of carbonyl (C=O) groups excluding carboxylic acids is 3. The summed E-state index contributed by atoms with van der Waals surface area (Å²) in [6, 6.07) is 7.14. The van der Waals surface area contributed by atoms with Crippen molar-refractivity contribution in [3.63, 3.8) is 0 Å². The largest absolute Gasteiger partial charge is 0.372 e. The summed E-state index contributed by atoms with van der Waals surface area (Å²) in [6.45, 7) is 6.04. The van der Waals surface area contributed by atoms with Gasteiger partial charge in [0.25, 0.3) is 0 Å². The first-order valence-corrected chi connectivity index (χ1v) is 8.49. The summed E-state index contributed by atoms with van der Waals surface area (Å²) in [7, 11) is 0. The van der Waals surface area contributed by atoms with Crippen LogP contribution in [-0.4, -0.2) is 53.3 Å². The average Bonchev–Trinajstić information content (AvgIpc) is 2.98. The number of hydrogen-bond donors (Lipinski definition) is 3. The maximum absolute atomic E-state index is 12.7. The molecule has 7 heteroatoms. The SMILES string of the molecule is Cc1ccc(NC(C)(C)C(=O)N[C@H]2C[C@H]3C(=O)NCC(=O)N3C2)cc1. The molecule has 0 saturated carbocycles. The molecule has 0 bridgehead atoms. The zero-order valence-corrected chi connectivity index (χ0v) is 14.8. The fraction of sp³-hybridized carbons (Fsp3) is 0.500. The van der Waals surface area contributed by atoms with Gasteiger partial charge in [-0.15, -0.1) is 0 Å². The van der Waals surface area contributed by atoms with E-state index in [4.69, 9.17) is 0 Å². The molecule has 2 aliphatic rings. The zero-order chi connectivity index (χ0) is 18.2. The normalized spacial score (nSPS) is 23.1. The van der Waals surface area contributed by atoms with Gasteiger partial charge in [-0.05, 0) is 39.3 Å². The third-order valence-electron chi connectivity index (χ3n) is 4.75. The van der Waals surface area contributed by atoms with E-state index in [-0.39, 0.29) is 30.3 Å². The number of carbonyl (C=O) groups is 3. The van der Waals surface area contributed by atoms with E-state index in [9.17, 15) is 14.4 Å². The zero-order valence-electron chi connectivity index (χ0n) is 14.8. The van der Waals surface area contributed by atoms with E-state index in [0.717, 1.165) is 11.3 Å². The second-order valence-corrected chi connectivity index (χ2v) is 7.30. The molecule has 2 fully saturated rings. The van der Waals surface area contributed by atoms with E-state index in [0.29, 0.717) is 13.0 Å². The van der Waals surface area contributed by atoms with Gasteiger partial charge in [0.2, 0.25) is 17.7 Å². The van der Waals surface area contributed by atoms with Crippen molar-refractivity contribution in [1.29, 1.82) is 0 Å². The van der Waals surface area contributed by atoms with Crippen molar-refractivity contribution in [1.82, 2.24) is 15.5 Å². The Morgan fingerprint density at radius 1 is 1.24 bits per heavy atom. The van der Waals surface area contributed by atoms with Crippen LogP contribution in [0, 0.1) is 6.92 Å². The minimum Gasteiger partial charge on any atom is -0.372 e. The highest BCUT2D eigenvalue weighted by atomic mass is 16.2. The van der Waals surface area contributed by atoms with Gasteiger partial charge in [-0.25, -0.2) is 0 Å². The Labute approximate surface area is 147 Å². The van der Waals surface area contributed by atoms with Gasteiger partial charge >= 0.3 is 0 Å². The number of nitrogens with zero attached hydrogens (tertiary/aromatic N) is 1. The number of anilines is 1. The second kappa shape index (κ2) is 6.38. The van der Waals surface area contributed by atoms with Gasteiger partial charge in [-0.1, -0.05) is 17.7 Å². The average molecular weight is 344 g/mol. The van der Waals surface area contributed by atoms with Crippen molar-refractivity contribution in [2.45, 2.75) is 44.8 Å². The van der Waals surface area contributed by atoms with Gasteiger partial charge in [0.05, 0.1) is 6.54 Å². The van der Waals surface area contributed by atoms with Crippen molar-refractivity contribution < 1.29 is 14.4 Å². The number of hydrogen-bond acceptors (Lipinski definition) is 4. The molecule has 0 unspecified atom stereocenters. The topological polar surface area (TPSA) is 90.5 Å². The van der Waals surface area contributed by atoms with Crippen molar-refractivity contribution in [2.75, 3.05) is 18.4 Å². The standard InChI is InChI=1S/C18H24N4O3/c1-11-4-6-12(7-5-11)21-18(2,3)17(25)20-13-8-14-16(24)19-9-15(23)22(14)10-13/h4-7,13-14,21H,8-10H2,1-3H3,(H,19,24)(H,20,25)/t13-,14-/m0/s1. The lowest BCUT2D eigenvalue weighted by molar-refractivity contribution is -0.143. The molecule has 0 aromatic heterocycles. The summed E-state index contributed by atoms with van der Waals surface area (Å²) in [5.74, 6) is -0.405. The van der Waals surface area contributed by atoms with E-state index < -0.39 is 11.6 Å². The maximum atomic E-state index is 12.7. The third kappa shape index (κ3) is 3.60. The molecule has 3 amide bonds. The van der Waals surface area contributed by atoms with Gasteiger partial charge in [-0.2, -0.15) is 0 Å². The Morgan fingerprint density at radius 2 is 1.92 bits per heavy atom. The number of rotatable bonds is 4. The number of piperazine rings is 1. The molecule has 7 nitrogen and oxygen atoms in total. The summed E-state index contributed by atoms with van der Waals surface area (Å²) < 4.78 is 0. The molecule has 1 aromatic rings. The lowest BCUT2D eigenvalue weighted by atomic mass is 10.0. The number of aryl methyl sites for hydroxylation is 1. The molecule has 0 radical (unpaired) electrons. The van der Waals surface area contributed by atoms with Crippen LogP contribution < -0.4 is 16.0 Å². The molecule has 2 aliphatic heterocycles. The Hall–Kier alpha value is -2.57. The van der Waals surface area contributed by atoms with E-state index in [2.05, 4.69) is 16.0 Å². The molecule has 25 heavy (non-hydrogen) atoms. The van der Waals surface area contributed by atoms with Crippen LogP contribution in [0.25, 0.3) is 0 Å². The Balaban J connectivity index is 1.62. The highest BCUT2D eigenvalue weighted by Gasteiger charge is 2.43. The van der Waals surface area contributed by atoms with Crippen LogP contribution in [0.1, 0.15) is 25.8 Å². The van der Waals surface area contributed by atoms with Crippen molar-refractivity contribution in [2.24, 2.45) is 0 Å². The predicted molar refractivity (Wildman–Crippen MR) is 93.9 cm³/mol. The van der Waals surface area contributed by atoms with Crippen LogP contribution in [0.5, 0.6) is 0 Å². The van der Waals surface area contributed by atoms with Crippen molar-refractivity contribution in [3.8, 4) is 0 Å². The first-order valence-electron chi connectivity index (χ1n) is 8.49. The van der Waals surface area contributed by atoms with E-state index in [1.165, 1.54) is 0 Å². The fourth-order valence-corrected chi connectivity index (χ4v) is 3.27. The number of fused-ring (bicyclic) bond motifs is 1. The summed E-state index contributed by atoms with van der Waals surface area (Å²) >= 11 is 0. The quantitative estimate of drug-likeness (QED) is 0.737. The number of amides is 3. The van der Waals surface area contributed by atoms with Crippen molar-refractivity contribution >= 4 is 23.4 Å². The van der Waals surface area contributed by atoms with Crippen LogP contribution in [0.3, 0.4) is 0 Å². The molecule has 0 spiro atoms. The minimum atomic E-state index is -0.815. The molecular weight excluding hydrogens is 320 g/mol. The summed E-state index contributed by atoms with van der Waals surface area (Å²) in [6.07, 6.45) is 0.448. The molecule has 2 heterocycles. The molecule has 3 N–H and O–H groups in total. The highest BCUT2D eigenvalue weighted by Crippen LogP contribution is 2.22. The summed E-state index contributed by atoms with van der Waals surface area (Å²) in [4.78, 5) is 38.0. The molecule has 0 aliphatic carbocycles. The minimum absolute atomic E-state index is 0.0382. The van der Waals surface area contributed by atoms with Gasteiger partial charge in [0, 0.05) is 18.3 Å². The lowest BCUT2D eigenvalue weighted by Gasteiger charge is -2.29. The van der Waals surface area contributed by atoms with Crippen LogP contribution >= 0.6 is 0 Å². The van der Waals surface area contributed by atoms with Crippen LogP contribution in [0.2, 0.25) is 0 Å². The lowest BCUT2D eigenvalue weighted by Crippen LogP contribution is -2.55. The third-order valence-corrected chi connectivity index (χ3v) is 4.75. The van der Waals surface area contributed by atoms with Gasteiger partial charge in [-0.3, -0.25) is 14.4 Å². The predicted octanol–water partition coefficient (Wildman–Crippen LogP) is 0.401. The molecule has 2 saturated heterocycles. The van der Waals surface area contributed by atoms with Gasteiger partial charge in [0.15, 0.2) is 0 Å². The Morgan fingerprint density at radius 3 is 2.56 bits per heavy atom. The van der Waals surface area contributed by atoms with Crippen molar-refractivity contribution in [3.05, 3.63) is 29.8 Å². The van der Waals surface area contributed by atoms with Crippen LogP contribution in [0.4, 0.5) is 5.69 Å². The van der Waals surface area contributed by atoms with Crippen LogP contribution in [-0.2, 0) is 14.4 Å². The van der Waals surface area contributed by atoms with Crippen LogP contribution in [0.15, 0.2) is 24.3 Å². The number of benzene rings is 1. The van der Waals surface area contributed by atoms with E-state index in [1.54, 1.807) is 4.90 Å². The Kier molecular flexibility index (Phi) is 4.41. The van der Waals surface area contributed by atoms with Gasteiger partial charge in [0.1, 0.15) is 11.6 Å². The first kappa shape index (κ1) is 17.3. The molecule has 3 rings (SSSR count). The molecular formula is C18H24N4O3. The fourth-order valence-electron chi connectivity index (χ4n) is 3.27. The van der Waals surface area contributed by atoms with Gasteiger partial charge < -0.3 is 20.9 Å². The smallest absolute Gasteiger partial charge is 0.245 e. The molecule has 1 aromatic carbocycles. The highest BCUT2D eigenvalue weighted by molar-refractivity contribution is 5.96.